The minimum atomic E-state index is -0.336. The summed E-state index contributed by atoms with van der Waals surface area (Å²) in [6.45, 7) is 4.57. The number of nitrogens with zero attached hydrogens (tertiary/aromatic N) is 2. The van der Waals surface area contributed by atoms with Gasteiger partial charge in [-0.15, -0.1) is 0 Å². The molecule has 2 rings (SSSR count). The molecule has 0 amide bonds. The van der Waals surface area contributed by atoms with E-state index in [0.717, 1.165) is 30.8 Å². The first kappa shape index (κ1) is 14.5. The Morgan fingerprint density at radius 3 is 2.95 bits per heavy atom. The van der Waals surface area contributed by atoms with Gasteiger partial charge in [0, 0.05) is 25.7 Å². The highest BCUT2D eigenvalue weighted by Gasteiger charge is 2.05. The summed E-state index contributed by atoms with van der Waals surface area (Å²) in [5, 5.41) is 3.26. The van der Waals surface area contributed by atoms with Gasteiger partial charge in [-0.1, -0.05) is 13.0 Å². The number of aromatic nitrogens is 2. The van der Waals surface area contributed by atoms with Crippen LogP contribution in [0.15, 0.2) is 30.7 Å². The van der Waals surface area contributed by atoms with Crippen LogP contribution in [0.5, 0.6) is 5.75 Å². The predicted octanol–water partition coefficient (Wildman–Crippen LogP) is 2.23. The number of nitrogens with one attached hydrogen (secondary N) is 1. The molecule has 0 unspecified atom stereocenters. The van der Waals surface area contributed by atoms with E-state index in [1.54, 1.807) is 12.4 Å². The molecule has 1 N–H and O–H groups in total. The summed E-state index contributed by atoms with van der Waals surface area (Å²) in [4.78, 5) is 4.34. The first-order chi connectivity index (χ1) is 9.72. The van der Waals surface area contributed by atoms with Gasteiger partial charge in [-0.25, -0.2) is 9.37 Å². The molecule has 0 bridgehead atoms. The molecule has 5 heteroatoms. The fraction of sp³-hybridized carbons (Fsp3) is 0.400. The first-order valence-electron chi connectivity index (χ1n) is 6.76. The normalized spacial score (nSPS) is 10.8. The highest BCUT2D eigenvalue weighted by Crippen LogP contribution is 2.18. The highest BCUT2D eigenvalue weighted by molar-refractivity contribution is 5.29. The zero-order chi connectivity index (χ0) is 14.4. The summed E-state index contributed by atoms with van der Waals surface area (Å²) in [6.07, 6.45) is 4.68. The van der Waals surface area contributed by atoms with Crippen LogP contribution >= 0.6 is 0 Å². The zero-order valence-electron chi connectivity index (χ0n) is 11.9. The van der Waals surface area contributed by atoms with Crippen molar-refractivity contribution < 1.29 is 9.13 Å². The van der Waals surface area contributed by atoms with Crippen molar-refractivity contribution in [2.24, 2.45) is 0 Å². The molecule has 0 aliphatic rings. The van der Waals surface area contributed by atoms with Crippen LogP contribution in [0.3, 0.4) is 0 Å². The lowest BCUT2D eigenvalue weighted by Crippen LogP contribution is -2.16. The molecular formula is C15H20FN3O. The molecular weight excluding hydrogens is 257 g/mol. The summed E-state index contributed by atoms with van der Waals surface area (Å²) in [7, 11) is 1.46. The maximum absolute atomic E-state index is 13.6. The number of methoxy groups -OCH3 is 1. The minimum Gasteiger partial charge on any atom is -0.494 e. The fourth-order valence-electron chi connectivity index (χ4n) is 2.03. The molecule has 2 aromatic rings. The smallest absolute Gasteiger partial charge is 0.165 e. The predicted molar refractivity (Wildman–Crippen MR) is 76.5 cm³/mol. The molecule has 0 saturated heterocycles. The number of imidazole rings is 1. The van der Waals surface area contributed by atoms with Gasteiger partial charge in [0.05, 0.1) is 19.1 Å². The quantitative estimate of drug-likeness (QED) is 0.789. The number of ether oxygens (including phenoxy) is 1. The Hall–Kier alpha value is -1.88. The van der Waals surface area contributed by atoms with Crippen LogP contribution in [-0.2, 0) is 13.0 Å². The summed E-state index contributed by atoms with van der Waals surface area (Å²) < 4.78 is 20.5. The Kier molecular flexibility index (Phi) is 5.12. The van der Waals surface area contributed by atoms with Crippen LogP contribution < -0.4 is 10.1 Å². The first-order valence-corrected chi connectivity index (χ1v) is 6.76. The third kappa shape index (κ3) is 3.81. The van der Waals surface area contributed by atoms with Crippen molar-refractivity contribution >= 4 is 0 Å². The van der Waals surface area contributed by atoms with Gasteiger partial charge in [-0.3, -0.25) is 0 Å². The second-order valence-electron chi connectivity index (χ2n) is 4.61. The molecule has 1 aromatic heterocycles. The Morgan fingerprint density at radius 2 is 2.25 bits per heavy atom. The minimum absolute atomic E-state index is 0.269. The maximum atomic E-state index is 13.6. The molecule has 108 valence electrons. The number of hydrogen-bond donors (Lipinski definition) is 1. The van der Waals surface area contributed by atoms with Gasteiger partial charge in [0.15, 0.2) is 11.6 Å². The van der Waals surface area contributed by atoms with Crippen LogP contribution in [0.2, 0.25) is 0 Å². The second kappa shape index (κ2) is 7.05. The lowest BCUT2D eigenvalue weighted by atomic mass is 10.2. The topological polar surface area (TPSA) is 39.1 Å². The van der Waals surface area contributed by atoms with E-state index >= 15 is 0 Å². The van der Waals surface area contributed by atoms with Crippen molar-refractivity contribution in [2.45, 2.75) is 19.9 Å². The summed E-state index contributed by atoms with van der Waals surface area (Å²) in [5.41, 5.74) is 1.93. The van der Waals surface area contributed by atoms with Crippen molar-refractivity contribution in [3.8, 4) is 5.75 Å². The molecule has 1 heterocycles. The number of hydrogen-bond acceptors (Lipinski definition) is 3. The SMILES string of the molecule is CCNCCc1cn(Cc2ccc(OC)c(F)c2)cn1. The van der Waals surface area contributed by atoms with E-state index in [1.807, 2.05) is 16.8 Å². The molecule has 0 aliphatic carbocycles. The highest BCUT2D eigenvalue weighted by atomic mass is 19.1. The van der Waals surface area contributed by atoms with Crippen LogP contribution in [0.4, 0.5) is 4.39 Å². The lowest BCUT2D eigenvalue weighted by molar-refractivity contribution is 0.386. The molecule has 4 nitrogen and oxygen atoms in total. The van der Waals surface area contributed by atoms with Crippen molar-refractivity contribution in [1.82, 2.24) is 14.9 Å². The van der Waals surface area contributed by atoms with Gasteiger partial charge in [0.1, 0.15) is 0 Å². The van der Waals surface area contributed by atoms with Crippen LogP contribution in [0, 0.1) is 5.82 Å². The van der Waals surface area contributed by atoms with E-state index in [-0.39, 0.29) is 11.6 Å². The van der Waals surface area contributed by atoms with E-state index in [0.29, 0.717) is 6.54 Å². The molecule has 0 radical (unpaired) electrons. The van der Waals surface area contributed by atoms with Gasteiger partial charge in [0.25, 0.3) is 0 Å². The Labute approximate surface area is 118 Å². The van der Waals surface area contributed by atoms with Gasteiger partial charge >= 0.3 is 0 Å². The third-order valence-corrected chi connectivity index (χ3v) is 3.08. The second-order valence-corrected chi connectivity index (χ2v) is 4.61. The average molecular weight is 277 g/mol. The number of benzene rings is 1. The van der Waals surface area contributed by atoms with Crippen molar-refractivity contribution in [1.29, 1.82) is 0 Å². The maximum Gasteiger partial charge on any atom is 0.165 e. The van der Waals surface area contributed by atoms with E-state index < -0.39 is 0 Å². The van der Waals surface area contributed by atoms with Crippen LogP contribution in [0.1, 0.15) is 18.2 Å². The molecule has 0 atom stereocenters. The molecule has 0 saturated carbocycles. The largest absolute Gasteiger partial charge is 0.494 e. The lowest BCUT2D eigenvalue weighted by Gasteiger charge is -2.05. The van der Waals surface area contributed by atoms with Gasteiger partial charge in [-0.2, -0.15) is 0 Å². The van der Waals surface area contributed by atoms with E-state index in [4.69, 9.17) is 4.74 Å². The van der Waals surface area contributed by atoms with Crippen molar-refractivity contribution in [3.63, 3.8) is 0 Å². The molecule has 0 fully saturated rings. The van der Waals surface area contributed by atoms with E-state index in [2.05, 4.69) is 17.2 Å². The van der Waals surface area contributed by atoms with Gasteiger partial charge < -0.3 is 14.6 Å². The van der Waals surface area contributed by atoms with Crippen molar-refractivity contribution in [3.05, 3.63) is 47.8 Å². The monoisotopic (exact) mass is 277 g/mol. The summed E-state index contributed by atoms with van der Waals surface area (Å²) in [6, 6.07) is 5.01. The number of rotatable bonds is 7. The average Bonchev–Trinajstić information content (AvgIpc) is 2.87. The fourth-order valence-corrected chi connectivity index (χ4v) is 2.03. The molecule has 0 aliphatic heterocycles. The Balaban J connectivity index is 1.97. The van der Waals surface area contributed by atoms with Crippen molar-refractivity contribution in [2.75, 3.05) is 20.2 Å². The molecule has 20 heavy (non-hydrogen) atoms. The van der Waals surface area contributed by atoms with Gasteiger partial charge in [0.2, 0.25) is 0 Å². The Bertz CT molecular complexity index is 554. The van der Waals surface area contributed by atoms with E-state index in [1.165, 1.54) is 13.2 Å². The van der Waals surface area contributed by atoms with E-state index in [9.17, 15) is 4.39 Å². The number of likely N-dealkylation sites (N-methyl/N-ethyl adjacent to an activating group) is 1. The molecule has 1 aromatic carbocycles. The third-order valence-electron chi connectivity index (χ3n) is 3.08. The Morgan fingerprint density at radius 1 is 1.40 bits per heavy atom. The van der Waals surface area contributed by atoms with Crippen LogP contribution in [0.25, 0.3) is 0 Å². The summed E-state index contributed by atoms with van der Waals surface area (Å²) in [5.74, 6) is -0.0665. The van der Waals surface area contributed by atoms with Crippen LogP contribution in [-0.4, -0.2) is 29.8 Å². The van der Waals surface area contributed by atoms with Gasteiger partial charge in [-0.05, 0) is 24.2 Å². The standard InChI is InChI=1S/C15H20FN3O/c1-3-17-7-6-13-10-19(11-18-13)9-12-4-5-15(20-2)14(16)8-12/h4-5,8,10-11,17H,3,6-7,9H2,1-2H3. The number of halogens is 1. The summed E-state index contributed by atoms with van der Waals surface area (Å²) >= 11 is 0. The zero-order valence-corrected chi connectivity index (χ0v) is 11.9. The molecule has 0 spiro atoms.